The van der Waals surface area contributed by atoms with Crippen molar-refractivity contribution in [1.29, 1.82) is 0 Å². The normalized spacial score (nSPS) is 12.2. The van der Waals surface area contributed by atoms with Crippen LogP contribution in [-0.4, -0.2) is 14.2 Å². The van der Waals surface area contributed by atoms with Crippen molar-refractivity contribution >= 4 is 5.57 Å². The molecule has 19 heavy (non-hydrogen) atoms. The number of benzene rings is 1. The van der Waals surface area contributed by atoms with E-state index in [9.17, 15) is 0 Å². The Kier molecular flexibility index (Phi) is 5.94. The summed E-state index contributed by atoms with van der Waals surface area (Å²) in [4.78, 5) is 0. The number of hydrogen-bond donors (Lipinski definition) is 1. The van der Waals surface area contributed by atoms with Crippen LogP contribution < -0.4 is 10.1 Å². The second kappa shape index (κ2) is 7.47. The first-order valence-corrected chi connectivity index (χ1v) is 6.52. The van der Waals surface area contributed by atoms with Gasteiger partial charge in [-0.2, -0.15) is 0 Å². The number of ether oxygens (including phenoxy) is 1. The molecule has 102 valence electrons. The molecule has 0 aliphatic heterocycles. The maximum atomic E-state index is 5.35. The first-order valence-electron chi connectivity index (χ1n) is 6.52. The number of hydrogen-bond acceptors (Lipinski definition) is 2. The van der Waals surface area contributed by atoms with Crippen LogP contribution in [0.3, 0.4) is 0 Å². The maximum absolute atomic E-state index is 5.35. The van der Waals surface area contributed by atoms with E-state index in [2.05, 4.69) is 37.0 Å². The molecule has 0 amide bonds. The molecule has 1 aromatic rings. The van der Waals surface area contributed by atoms with Gasteiger partial charge in [-0.3, -0.25) is 0 Å². The molecule has 0 bridgehead atoms. The molecule has 0 aromatic heterocycles. The van der Waals surface area contributed by atoms with Crippen molar-refractivity contribution in [2.75, 3.05) is 14.2 Å². The quantitative estimate of drug-likeness (QED) is 0.779. The van der Waals surface area contributed by atoms with Gasteiger partial charge in [0, 0.05) is 12.7 Å². The van der Waals surface area contributed by atoms with Gasteiger partial charge in [-0.15, -0.1) is 0 Å². The van der Waals surface area contributed by atoms with Gasteiger partial charge in [-0.25, -0.2) is 0 Å². The van der Waals surface area contributed by atoms with E-state index >= 15 is 0 Å². The average Bonchev–Trinajstić information content (AvgIpc) is 2.47. The molecule has 0 saturated heterocycles. The zero-order chi connectivity index (χ0) is 14.3. The lowest BCUT2D eigenvalue weighted by Gasteiger charge is -2.10. The van der Waals surface area contributed by atoms with Gasteiger partial charge in [-0.1, -0.05) is 31.7 Å². The smallest absolute Gasteiger partial charge is 0.122 e. The third-order valence-electron chi connectivity index (χ3n) is 3.12. The zero-order valence-corrected chi connectivity index (χ0v) is 12.3. The Morgan fingerprint density at radius 1 is 1.37 bits per heavy atom. The van der Waals surface area contributed by atoms with Crippen molar-refractivity contribution < 1.29 is 4.74 Å². The van der Waals surface area contributed by atoms with E-state index < -0.39 is 0 Å². The van der Waals surface area contributed by atoms with E-state index in [0.717, 1.165) is 29.0 Å². The number of allylic oxidation sites excluding steroid dienone is 5. The summed E-state index contributed by atoms with van der Waals surface area (Å²) in [5.41, 5.74) is 4.59. The summed E-state index contributed by atoms with van der Waals surface area (Å²) in [5.74, 6) is 0.941. The molecule has 2 nitrogen and oxygen atoms in total. The Morgan fingerprint density at radius 3 is 2.63 bits per heavy atom. The van der Waals surface area contributed by atoms with Crippen LogP contribution in [0.5, 0.6) is 5.75 Å². The van der Waals surface area contributed by atoms with Crippen molar-refractivity contribution in [2.24, 2.45) is 0 Å². The van der Waals surface area contributed by atoms with Crippen LogP contribution in [0.4, 0.5) is 0 Å². The molecule has 0 aliphatic rings. The van der Waals surface area contributed by atoms with Crippen LogP contribution >= 0.6 is 0 Å². The van der Waals surface area contributed by atoms with Gasteiger partial charge in [0.2, 0.25) is 0 Å². The highest BCUT2D eigenvalue weighted by molar-refractivity contribution is 5.75. The molecule has 0 spiro atoms. The molecule has 1 aromatic carbocycles. The minimum Gasteiger partial charge on any atom is -0.496 e. The molecule has 0 atom stereocenters. The number of rotatable bonds is 6. The largest absolute Gasteiger partial charge is 0.496 e. The summed E-state index contributed by atoms with van der Waals surface area (Å²) < 4.78 is 5.35. The Bertz CT molecular complexity index is 498. The van der Waals surface area contributed by atoms with E-state index in [1.807, 2.05) is 32.2 Å². The third-order valence-corrected chi connectivity index (χ3v) is 3.12. The monoisotopic (exact) mass is 257 g/mol. The molecule has 0 radical (unpaired) electrons. The van der Waals surface area contributed by atoms with Crippen LogP contribution in [0.2, 0.25) is 0 Å². The summed E-state index contributed by atoms with van der Waals surface area (Å²) in [6.45, 7) is 8.05. The second-order valence-electron chi connectivity index (χ2n) is 4.31. The van der Waals surface area contributed by atoms with Gasteiger partial charge in [0.25, 0.3) is 0 Å². The summed E-state index contributed by atoms with van der Waals surface area (Å²) in [7, 11) is 3.62. The summed E-state index contributed by atoms with van der Waals surface area (Å²) >= 11 is 0. The minimum atomic E-state index is 0.941. The Balaban J connectivity index is 3.16. The molecule has 0 heterocycles. The van der Waals surface area contributed by atoms with Crippen LogP contribution in [0, 0.1) is 0 Å². The number of nitrogens with one attached hydrogen (secondary N) is 1. The highest BCUT2D eigenvalue weighted by Crippen LogP contribution is 2.25. The predicted octanol–water partition coefficient (Wildman–Crippen LogP) is 3.95. The van der Waals surface area contributed by atoms with Crippen LogP contribution in [0.25, 0.3) is 5.57 Å². The van der Waals surface area contributed by atoms with E-state index in [1.54, 1.807) is 7.11 Å². The van der Waals surface area contributed by atoms with E-state index in [-0.39, 0.29) is 0 Å². The molecule has 0 fully saturated rings. The zero-order valence-electron chi connectivity index (χ0n) is 12.3. The average molecular weight is 257 g/mol. The first kappa shape index (κ1) is 15.1. The highest BCUT2D eigenvalue weighted by Gasteiger charge is 2.04. The first-order chi connectivity index (χ1) is 9.15. The second-order valence-corrected chi connectivity index (χ2v) is 4.31. The van der Waals surface area contributed by atoms with Gasteiger partial charge in [0.15, 0.2) is 0 Å². The fourth-order valence-corrected chi connectivity index (χ4v) is 1.81. The van der Waals surface area contributed by atoms with E-state index in [0.29, 0.717) is 0 Å². The molecular formula is C17H23NO. The highest BCUT2D eigenvalue weighted by atomic mass is 16.5. The van der Waals surface area contributed by atoms with Crippen molar-refractivity contribution in [1.82, 2.24) is 5.32 Å². The fourth-order valence-electron chi connectivity index (χ4n) is 1.81. The lowest BCUT2D eigenvalue weighted by Crippen LogP contribution is -2.00. The van der Waals surface area contributed by atoms with Gasteiger partial charge < -0.3 is 10.1 Å². The summed E-state index contributed by atoms with van der Waals surface area (Å²) in [6.07, 6.45) is 6.94. The molecule has 2 heteroatoms. The Hall–Kier alpha value is -1.96. The standard InChI is InChI=1S/C17H23NO/c1-6-14(9-8-13(3)18-4)16-10-11-17(19-5)15(7-2)12-16/h6,8-12,18H,1,7H2,2-5H3/b13-8+,14-9+. The van der Waals surface area contributed by atoms with Crippen molar-refractivity contribution in [2.45, 2.75) is 20.3 Å². The molecular weight excluding hydrogens is 234 g/mol. The van der Waals surface area contributed by atoms with Gasteiger partial charge in [0.1, 0.15) is 5.75 Å². The van der Waals surface area contributed by atoms with Gasteiger partial charge >= 0.3 is 0 Å². The molecule has 0 aliphatic carbocycles. The Labute approximate surface area is 116 Å². The lowest BCUT2D eigenvalue weighted by molar-refractivity contribution is 0.410. The molecule has 0 saturated carbocycles. The number of aryl methyl sites for hydroxylation is 1. The van der Waals surface area contributed by atoms with E-state index in [1.165, 1.54) is 5.56 Å². The summed E-state index contributed by atoms with van der Waals surface area (Å²) in [6, 6.07) is 6.24. The van der Waals surface area contributed by atoms with Crippen molar-refractivity contribution in [3.63, 3.8) is 0 Å². The SMILES string of the molecule is C=C/C(=C\C=C(/C)NC)c1ccc(OC)c(CC)c1. The molecule has 1 N–H and O–H groups in total. The maximum Gasteiger partial charge on any atom is 0.122 e. The summed E-state index contributed by atoms with van der Waals surface area (Å²) in [5, 5.41) is 3.10. The molecule has 1 rings (SSSR count). The third kappa shape index (κ3) is 4.02. The van der Waals surface area contributed by atoms with Crippen molar-refractivity contribution in [3.05, 3.63) is 59.8 Å². The fraction of sp³-hybridized carbons (Fsp3) is 0.294. The number of methoxy groups -OCH3 is 1. The topological polar surface area (TPSA) is 21.3 Å². The van der Waals surface area contributed by atoms with Gasteiger partial charge in [-0.05, 0) is 48.3 Å². The van der Waals surface area contributed by atoms with Crippen LogP contribution in [0.15, 0.2) is 48.7 Å². The minimum absolute atomic E-state index is 0.941. The van der Waals surface area contributed by atoms with E-state index in [4.69, 9.17) is 4.74 Å². The van der Waals surface area contributed by atoms with Gasteiger partial charge in [0.05, 0.1) is 7.11 Å². The van der Waals surface area contributed by atoms with Crippen LogP contribution in [-0.2, 0) is 6.42 Å². The molecule has 0 unspecified atom stereocenters. The predicted molar refractivity (Wildman–Crippen MR) is 83.4 cm³/mol. The Morgan fingerprint density at radius 2 is 2.11 bits per heavy atom. The van der Waals surface area contributed by atoms with Crippen molar-refractivity contribution in [3.8, 4) is 5.75 Å². The van der Waals surface area contributed by atoms with Crippen LogP contribution in [0.1, 0.15) is 25.0 Å². The lowest BCUT2D eigenvalue weighted by atomic mass is 10.0.